The van der Waals surface area contributed by atoms with Gasteiger partial charge in [-0.05, 0) is 51.1 Å². The molecule has 5 heteroatoms. The zero-order chi connectivity index (χ0) is 17.3. The van der Waals surface area contributed by atoms with Crippen molar-refractivity contribution >= 4 is 16.8 Å². The van der Waals surface area contributed by atoms with Crippen molar-refractivity contribution in [2.24, 2.45) is 0 Å². The first kappa shape index (κ1) is 16.1. The van der Waals surface area contributed by atoms with Crippen LogP contribution < -0.4 is 10.1 Å². The molecule has 3 aromatic rings. The van der Waals surface area contributed by atoms with Gasteiger partial charge in [-0.3, -0.25) is 4.79 Å². The third-order valence-corrected chi connectivity index (χ3v) is 3.60. The lowest BCUT2D eigenvalue weighted by Gasteiger charge is -2.21. The second kappa shape index (κ2) is 6.00. The molecule has 1 amide bonds. The van der Waals surface area contributed by atoms with Crippen LogP contribution in [0.3, 0.4) is 0 Å². The first-order valence-electron chi connectivity index (χ1n) is 7.84. The highest BCUT2D eigenvalue weighted by Gasteiger charge is 2.23. The van der Waals surface area contributed by atoms with Crippen LogP contribution >= 0.6 is 0 Å². The van der Waals surface area contributed by atoms with Gasteiger partial charge < -0.3 is 10.1 Å². The molecule has 2 aromatic carbocycles. The van der Waals surface area contributed by atoms with Gasteiger partial charge in [-0.25, -0.2) is 4.68 Å². The van der Waals surface area contributed by atoms with Crippen LogP contribution in [0.15, 0.2) is 48.5 Å². The summed E-state index contributed by atoms with van der Waals surface area (Å²) in [6.45, 7) is 5.88. The van der Waals surface area contributed by atoms with Gasteiger partial charge in [0.1, 0.15) is 11.4 Å². The topological polar surface area (TPSA) is 56.2 Å². The number of carbonyl (C=O) groups is 1. The zero-order valence-electron chi connectivity index (χ0n) is 14.3. The van der Waals surface area contributed by atoms with Gasteiger partial charge in [0.2, 0.25) is 0 Å². The highest BCUT2D eigenvalue weighted by atomic mass is 16.5. The fourth-order valence-corrected chi connectivity index (χ4v) is 2.56. The first-order chi connectivity index (χ1) is 11.4. The molecule has 0 aliphatic rings. The summed E-state index contributed by atoms with van der Waals surface area (Å²) in [6.07, 6.45) is 0. The summed E-state index contributed by atoms with van der Waals surface area (Å²) < 4.78 is 6.88. The van der Waals surface area contributed by atoms with Crippen LogP contribution in [0.25, 0.3) is 16.6 Å². The van der Waals surface area contributed by atoms with Crippen molar-refractivity contribution in [1.29, 1.82) is 0 Å². The number of ether oxygens (including phenoxy) is 1. The molecule has 0 aliphatic carbocycles. The maximum Gasteiger partial charge on any atom is 0.271 e. The van der Waals surface area contributed by atoms with E-state index in [4.69, 9.17) is 4.74 Å². The Morgan fingerprint density at radius 3 is 2.38 bits per heavy atom. The third kappa shape index (κ3) is 3.11. The summed E-state index contributed by atoms with van der Waals surface area (Å²) in [5.74, 6) is 0.614. The Labute approximate surface area is 141 Å². The minimum absolute atomic E-state index is 0.146. The molecule has 0 unspecified atom stereocenters. The van der Waals surface area contributed by atoms with Gasteiger partial charge in [-0.1, -0.05) is 18.2 Å². The lowest BCUT2D eigenvalue weighted by molar-refractivity contribution is 0.0913. The van der Waals surface area contributed by atoms with E-state index in [9.17, 15) is 4.79 Å². The lowest BCUT2D eigenvalue weighted by atomic mass is 10.1. The Balaban J connectivity index is 2.15. The molecule has 0 fully saturated rings. The van der Waals surface area contributed by atoms with E-state index >= 15 is 0 Å². The molecule has 5 nitrogen and oxygen atoms in total. The van der Waals surface area contributed by atoms with Crippen molar-refractivity contribution in [3.63, 3.8) is 0 Å². The first-order valence-corrected chi connectivity index (χ1v) is 7.84. The highest BCUT2D eigenvalue weighted by Crippen LogP contribution is 2.23. The van der Waals surface area contributed by atoms with Crippen LogP contribution in [0.5, 0.6) is 5.75 Å². The van der Waals surface area contributed by atoms with Crippen molar-refractivity contribution in [3.8, 4) is 11.4 Å². The van der Waals surface area contributed by atoms with Crippen LogP contribution in [0.4, 0.5) is 0 Å². The molecule has 124 valence electrons. The van der Waals surface area contributed by atoms with Gasteiger partial charge in [-0.15, -0.1) is 0 Å². The van der Waals surface area contributed by atoms with Gasteiger partial charge in [0.15, 0.2) is 0 Å². The van der Waals surface area contributed by atoms with Gasteiger partial charge in [0.25, 0.3) is 5.91 Å². The fraction of sp³-hybridized carbons (Fsp3) is 0.263. The Morgan fingerprint density at radius 2 is 1.75 bits per heavy atom. The lowest BCUT2D eigenvalue weighted by Crippen LogP contribution is -2.41. The highest BCUT2D eigenvalue weighted by molar-refractivity contribution is 6.05. The van der Waals surface area contributed by atoms with Crippen LogP contribution in [-0.4, -0.2) is 28.3 Å². The van der Waals surface area contributed by atoms with Crippen LogP contribution in [-0.2, 0) is 0 Å². The van der Waals surface area contributed by atoms with E-state index in [2.05, 4.69) is 10.4 Å². The molecule has 0 aliphatic heterocycles. The molecule has 0 spiro atoms. The Hall–Kier alpha value is -2.82. The maximum atomic E-state index is 12.9. The Kier molecular flexibility index (Phi) is 4.01. The number of nitrogens with one attached hydrogen (secondary N) is 1. The van der Waals surface area contributed by atoms with Crippen LogP contribution in [0.1, 0.15) is 31.3 Å². The largest absolute Gasteiger partial charge is 0.497 e. The average Bonchev–Trinajstić information content (AvgIpc) is 2.93. The van der Waals surface area contributed by atoms with E-state index < -0.39 is 0 Å². The fourth-order valence-electron chi connectivity index (χ4n) is 2.56. The smallest absolute Gasteiger partial charge is 0.271 e. The number of amides is 1. The van der Waals surface area contributed by atoms with Crippen LogP contribution in [0.2, 0.25) is 0 Å². The number of methoxy groups -OCH3 is 1. The molecule has 0 atom stereocenters. The second-order valence-corrected chi connectivity index (χ2v) is 6.68. The molecule has 1 aromatic heterocycles. The average molecular weight is 323 g/mol. The summed E-state index contributed by atoms with van der Waals surface area (Å²) in [5.41, 5.74) is 1.80. The Bertz CT molecular complexity index is 874. The number of hydrogen-bond donors (Lipinski definition) is 1. The predicted octanol–water partition coefficient (Wildman–Crippen LogP) is 3.56. The second-order valence-electron chi connectivity index (χ2n) is 6.68. The van der Waals surface area contributed by atoms with E-state index in [1.807, 2.05) is 69.3 Å². The molecule has 0 radical (unpaired) electrons. The molecule has 0 bridgehead atoms. The Morgan fingerprint density at radius 1 is 1.08 bits per heavy atom. The third-order valence-electron chi connectivity index (χ3n) is 3.60. The minimum atomic E-state index is -0.326. The molecule has 0 saturated carbocycles. The summed E-state index contributed by atoms with van der Waals surface area (Å²) >= 11 is 0. The number of nitrogens with zero attached hydrogens (tertiary/aromatic N) is 2. The van der Waals surface area contributed by atoms with Crippen molar-refractivity contribution < 1.29 is 9.53 Å². The van der Waals surface area contributed by atoms with E-state index in [0.29, 0.717) is 5.69 Å². The van der Waals surface area contributed by atoms with Gasteiger partial charge >= 0.3 is 0 Å². The summed E-state index contributed by atoms with van der Waals surface area (Å²) in [5, 5.41) is 8.46. The molecule has 3 rings (SSSR count). The zero-order valence-corrected chi connectivity index (χ0v) is 14.3. The van der Waals surface area contributed by atoms with Crippen LogP contribution in [0, 0.1) is 0 Å². The molecular weight excluding hydrogens is 302 g/mol. The van der Waals surface area contributed by atoms with E-state index in [1.165, 1.54) is 0 Å². The monoisotopic (exact) mass is 323 g/mol. The quantitative estimate of drug-likeness (QED) is 0.802. The summed E-state index contributed by atoms with van der Waals surface area (Å²) in [7, 11) is 1.62. The molecule has 24 heavy (non-hydrogen) atoms. The standard InChI is InChI=1S/C19H21N3O2/c1-19(2,3)20-18(23)17-15-7-5-6-8-16(15)21-22(17)13-9-11-14(24-4)12-10-13/h5-12H,1-4H3,(H,20,23). The predicted molar refractivity (Wildman–Crippen MR) is 94.8 cm³/mol. The number of carbonyl (C=O) groups excluding carboxylic acids is 1. The number of hydrogen-bond acceptors (Lipinski definition) is 3. The van der Waals surface area contributed by atoms with Gasteiger partial charge in [0.05, 0.1) is 18.3 Å². The SMILES string of the molecule is COc1ccc(-n2nc3ccccc3c2C(=O)NC(C)(C)C)cc1. The van der Waals surface area contributed by atoms with E-state index in [-0.39, 0.29) is 11.4 Å². The van der Waals surface area contributed by atoms with E-state index in [0.717, 1.165) is 22.3 Å². The summed E-state index contributed by atoms with van der Waals surface area (Å²) in [4.78, 5) is 12.9. The number of aromatic nitrogens is 2. The molecule has 0 saturated heterocycles. The van der Waals surface area contributed by atoms with Crippen molar-refractivity contribution in [3.05, 3.63) is 54.2 Å². The van der Waals surface area contributed by atoms with E-state index in [1.54, 1.807) is 11.8 Å². The number of benzene rings is 2. The maximum absolute atomic E-state index is 12.9. The van der Waals surface area contributed by atoms with Crippen molar-refractivity contribution in [2.45, 2.75) is 26.3 Å². The molecule has 1 heterocycles. The number of rotatable bonds is 3. The van der Waals surface area contributed by atoms with Crippen molar-refractivity contribution in [2.75, 3.05) is 7.11 Å². The molecule has 1 N–H and O–H groups in total. The minimum Gasteiger partial charge on any atom is -0.497 e. The van der Waals surface area contributed by atoms with Gasteiger partial charge in [-0.2, -0.15) is 5.10 Å². The van der Waals surface area contributed by atoms with Gasteiger partial charge in [0, 0.05) is 10.9 Å². The van der Waals surface area contributed by atoms with Crippen molar-refractivity contribution in [1.82, 2.24) is 15.1 Å². The normalized spacial score (nSPS) is 11.5. The summed E-state index contributed by atoms with van der Waals surface area (Å²) in [6, 6.07) is 15.1. The number of fused-ring (bicyclic) bond motifs is 1. The molecular formula is C19H21N3O2.